The molecule has 0 fully saturated rings. The summed E-state index contributed by atoms with van der Waals surface area (Å²) in [6.07, 6.45) is 3.59. The zero-order valence-corrected chi connectivity index (χ0v) is 10.6. The van der Waals surface area contributed by atoms with Gasteiger partial charge in [0.25, 0.3) is 0 Å². The molecule has 0 aliphatic heterocycles. The molecule has 1 atom stereocenters. The molecule has 5 nitrogen and oxygen atoms in total. The van der Waals surface area contributed by atoms with Gasteiger partial charge in [-0.1, -0.05) is 18.2 Å². The Bertz CT molecular complexity index is 707. The zero-order valence-electron chi connectivity index (χ0n) is 10.6. The number of hydrogen-bond acceptors (Lipinski definition) is 4. The molecule has 0 bridgehead atoms. The van der Waals surface area contributed by atoms with Crippen LogP contribution in [0.3, 0.4) is 0 Å². The topological polar surface area (TPSA) is 63.8 Å². The fourth-order valence-corrected chi connectivity index (χ4v) is 1.97. The quantitative estimate of drug-likeness (QED) is 0.778. The lowest BCUT2D eigenvalue weighted by molar-refractivity contribution is 0.169. The number of aromatic nitrogens is 4. The molecule has 2 heterocycles. The van der Waals surface area contributed by atoms with Crippen molar-refractivity contribution in [1.82, 2.24) is 20.0 Å². The molecule has 1 N–H and O–H groups in total. The van der Waals surface area contributed by atoms with E-state index in [1.807, 2.05) is 37.3 Å². The summed E-state index contributed by atoms with van der Waals surface area (Å²) in [6, 6.07) is 9.79. The Labute approximate surface area is 110 Å². The molecule has 3 rings (SSSR count). The second kappa shape index (κ2) is 4.78. The average Bonchev–Trinajstić information content (AvgIpc) is 2.95. The van der Waals surface area contributed by atoms with Gasteiger partial charge in [-0.3, -0.25) is 4.98 Å². The molecule has 5 heteroatoms. The van der Waals surface area contributed by atoms with Crippen molar-refractivity contribution < 1.29 is 5.11 Å². The van der Waals surface area contributed by atoms with Gasteiger partial charge in [-0.05, 0) is 30.7 Å². The van der Waals surface area contributed by atoms with Crippen molar-refractivity contribution in [2.75, 3.05) is 0 Å². The van der Waals surface area contributed by atoms with E-state index >= 15 is 0 Å². The van der Waals surface area contributed by atoms with E-state index < -0.39 is 6.10 Å². The predicted molar refractivity (Wildman–Crippen MR) is 71.9 cm³/mol. The van der Waals surface area contributed by atoms with Crippen LogP contribution in [0.2, 0.25) is 0 Å². The van der Waals surface area contributed by atoms with Crippen molar-refractivity contribution in [1.29, 1.82) is 0 Å². The van der Waals surface area contributed by atoms with Gasteiger partial charge in [-0.15, -0.1) is 5.10 Å². The van der Waals surface area contributed by atoms with E-state index in [0.29, 0.717) is 12.1 Å². The van der Waals surface area contributed by atoms with Gasteiger partial charge in [-0.2, -0.15) is 0 Å². The van der Waals surface area contributed by atoms with Gasteiger partial charge in [-0.25, -0.2) is 4.68 Å². The van der Waals surface area contributed by atoms with E-state index in [4.69, 9.17) is 0 Å². The third-order valence-corrected chi connectivity index (χ3v) is 3.09. The van der Waals surface area contributed by atoms with Gasteiger partial charge in [0.1, 0.15) is 5.69 Å². The highest BCUT2D eigenvalue weighted by Gasteiger charge is 2.10. The molecule has 1 unspecified atom stereocenters. The van der Waals surface area contributed by atoms with Gasteiger partial charge in [0.15, 0.2) is 0 Å². The Balaban J connectivity index is 2.01. The number of hydrogen-bond donors (Lipinski definition) is 1. The van der Waals surface area contributed by atoms with E-state index in [1.165, 1.54) is 0 Å². The van der Waals surface area contributed by atoms with Crippen molar-refractivity contribution in [3.8, 4) is 5.69 Å². The fraction of sp³-hybridized carbons (Fsp3) is 0.214. The number of pyridine rings is 1. The molecule has 0 aliphatic carbocycles. The van der Waals surface area contributed by atoms with Crippen LogP contribution in [-0.4, -0.2) is 25.1 Å². The third-order valence-electron chi connectivity index (χ3n) is 3.09. The van der Waals surface area contributed by atoms with Gasteiger partial charge < -0.3 is 5.11 Å². The number of nitrogens with zero attached hydrogens (tertiary/aromatic N) is 4. The van der Waals surface area contributed by atoms with Crippen molar-refractivity contribution >= 4 is 10.9 Å². The lowest BCUT2D eigenvalue weighted by Crippen LogP contribution is -1.95. The number of aliphatic hydroxyl groups is 1. The summed E-state index contributed by atoms with van der Waals surface area (Å²) in [4.78, 5) is 4.28. The van der Waals surface area contributed by atoms with E-state index in [0.717, 1.165) is 16.6 Å². The highest BCUT2D eigenvalue weighted by atomic mass is 16.3. The van der Waals surface area contributed by atoms with E-state index in [-0.39, 0.29) is 0 Å². The Kier molecular flexibility index (Phi) is 2.97. The van der Waals surface area contributed by atoms with Crippen LogP contribution in [0.5, 0.6) is 0 Å². The summed E-state index contributed by atoms with van der Waals surface area (Å²) in [6.45, 7) is 1.91. The number of aliphatic hydroxyl groups excluding tert-OH is 1. The molecule has 0 aliphatic rings. The minimum absolute atomic E-state index is 0.559. The molecule has 0 spiro atoms. The SMILES string of the molecule is CCC(O)c1cn(-c2ccc3ncccc3c2)nn1. The summed E-state index contributed by atoms with van der Waals surface area (Å²) in [5, 5.41) is 18.8. The first kappa shape index (κ1) is 11.8. The maximum absolute atomic E-state index is 9.74. The van der Waals surface area contributed by atoms with Crippen LogP contribution in [0.4, 0.5) is 0 Å². The summed E-state index contributed by atoms with van der Waals surface area (Å²) in [5.74, 6) is 0. The van der Waals surface area contributed by atoms with E-state index in [1.54, 1.807) is 17.1 Å². The fourth-order valence-electron chi connectivity index (χ4n) is 1.97. The maximum atomic E-state index is 9.74. The molecule has 2 aromatic heterocycles. The van der Waals surface area contributed by atoms with Gasteiger partial charge in [0.05, 0.1) is 23.5 Å². The standard InChI is InChI=1S/C14H14N4O/c1-2-14(19)13-9-18(17-16-13)11-5-6-12-10(8-11)4-3-7-15-12/h3-9,14,19H,2H2,1H3. The van der Waals surface area contributed by atoms with Crippen LogP contribution < -0.4 is 0 Å². The molecule has 96 valence electrons. The van der Waals surface area contributed by atoms with E-state index in [2.05, 4.69) is 15.3 Å². The Morgan fingerprint density at radius 3 is 3.05 bits per heavy atom. The van der Waals surface area contributed by atoms with Crippen LogP contribution in [0.15, 0.2) is 42.7 Å². The molecular formula is C14H14N4O. The highest BCUT2D eigenvalue weighted by molar-refractivity contribution is 5.80. The molecule has 0 amide bonds. The first-order chi connectivity index (χ1) is 9.28. The third kappa shape index (κ3) is 2.20. The monoisotopic (exact) mass is 254 g/mol. The van der Waals surface area contributed by atoms with Crippen molar-refractivity contribution in [2.24, 2.45) is 0 Å². The van der Waals surface area contributed by atoms with Gasteiger partial charge in [0, 0.05) is 11.6 Å². The normalized spacial score (nSPS) is 12.7. The lowest BCUT2D eigenvalue weighted by Gasteiger charge is -2.03. The number of rotatable bonds is 3. The van der Waals surface area contributed by atoms with Crippen LogP contribution >= 0.6 is 0 Å². The Morgan fingerprint density at radius 2 is 2.21 bits per heavy atom. The summed E-state index contributed by atoms with van der Waals surface area (Å²) in [7, 11) is 0. The molecule has 0 saturated carbocycles. The van der Waals surface area contributed by atoms with Crippen molar-refractivity contribution in [3.05, 3.63) is 48.4 Å². The second-order valence-electron chi connectivity index (χ2n) is 4.39. The largest absolute Gasteiger partial charge is 0.387 e. The van der Waals surface area contributed by atoms with Crippen LogP contribution in [0.25, 0.3) is 16.6 Å². The van der Waals surface area contributed by atoms with Gasteiger partial charge in [0.2, 0.25) is 0 Å². The maximum Gasteiger partial charge on any atom is 0.112 e. The minimum atomic E-state index is -0.559. The Hall–Kier alpha value is -2.27. The minimum Gasteiger partial charge on any atom is -0.387 e. The average molecular weight is 254 g/mol. The molecule has 1 aromatic carbocycles. The lowest BCUT2D eigenvalue weighted by atomic mass is 10.2. The van der Waals surface area contributed by atoms with E-state index in [9.17, 15) is 5.11 Å². The first-order valence-electron chi connectivity index (χ1n) is 6.23. The van der Waals surface area contributed by atoms with Crippen molar-refractivity contribution in [3.63, 3.8) is 0 Å². The molecule has 3 aromatic rings. The molecular weight excluding hydrogens is 240 g/mol. The van der Waals surface area contributed by atoms with Crippen LogP contribution in [-0.2, 0) is 0 Å². The second-order valence-corrected chi connectivity index (χ2v) is 4.39. The van der Waals surface area contributed by atoms with Crippen molar-refractivity contribution in [2.45, 2.75) is 19.4 Å². The Morgan fingerprint density at radius 1 is 1.32 bits per heavy atom. The number of fused-ring (bicyclic) bond motifs is 1. The molecule has 0 radical (unpaired) electrons. The number of benzene rings is 1. The molecule has 0 saturated heterocycles. The summed E-state index contributed by atoms with van der Waals surface area (Å²) >= 11 is 0. The first-order valence-corrected chi connectivity index (χ1v) is 6.23. The van der Waals surface area contributed by atoms with Crippen LogP contribution in [0.1, 0.15) is 25.1 Å². The smallest absolute Gasteiger partial charge is 0.112 e. The van der Waals surface area contributed by atoms with Gasteiger partial charge >= 0.3 is 0 Å². The summed E-state index contributed by atoms with van der Waals surface area (Å²) < 4.78 is 1.67. The molecule has 19 heavy (non-hydrogen) atoms. The highest BCUT2D eigenvalue weighted by Crippen LogP contribution is 2.18. The zero-order chi connectivity index (χ0) is 13.2. The predicted octanol–water partition coefficient (Wildman–Crippen LogP) is 2.26. The van der Waals surface area contributed by atoms with Crippen LogP contribution in [0, 0.1) is 0 Å². The summed E-state index contributed by atoms with van der Waals surface area (Å²) in [5.41, 5.74) is 2.44.